The molecule has 0 aliphatic heterocycles. The number of nitrogens with zero attached hydrogens (tertiary/aromatic N) is 1. The number of carbonyl (C=O) groups is 1. The number of ether oxygens (including phenoxy) is 3. The summed E-state index contributed by atoms with van der Waals surface area (Å²) in [6.45, 7) is 89.9. The third kappa shape index (κ3) is 194. The quantitative estimate of drug-likeness (QED) is 0.0701. The van der Waals surface area contributed by atoms with Crippen LogP contribution in [0.3, 0.4) is 0 Å². The molecular formula is C89H208N2O4. The average Bonchev–Trinajstić information content (AvgIpc) is 3.32. The molecule has 6 heteroatoms. The third-order valence-electron chi connectivity index (χ3n) is 15.8. The Bertz CT molecular complexity index is 1060. The molecule has 0 aromatic carbocycles. The van der Waals surface area contributed by atoms with E-state index < -0.39 is 0 Å². The number of hydrogen-bond acceptors (Lipinski definition) is 5. The van der Waals surface area contributed by atoms with E-state index in [-0.39, 0.29) is 18.1 Å². The summed E-state index contributed by atoms with van der Waals surface area (Å²) in [5, 5.41) is 2.84. The zero-order valence-corrected chi connectivity index (χ0v) is 76.9. The van der Waals surface area contributed by atoms with Gasteiger partial charge < -0.3 is 24.4 Å². The standard InChI is InChI=1S/C8H18O2.C7H15NO.C7H17N.3C7H16.C6H14O.3C6H14.3C5H12.C4H10.C3H8/c1-5-7(9-3)8(6-2)10-4;1-4-7(5-2)8-6(3)9;1-5-7(6-2)8(3)4;1-5-6-7(2,3)4;1-5-7(4)6(2)3;1-3-5-7-6-4-2;1-4-6(5-2)7-3;1-4-5-6(2)3;2*1-4-6(3)5-2;1-5(2,3)4;1-4-5(2)3;1-3-5-4-2;1-3-4-2;1-3-2/h7-8H,5-6H2,1-4H3;7H,4-5H2,1-3H3,(H,8,9);7H,5-6H2,1-4H3;5-6H2,1-4H3;6-7H,5H2,1-4H3;3-7H2,1-2H3;6H,4-5H2,1-3H3;3*6H,4-5H2,1-3H3;1-4H3;5H,4H2,1-3H3;3-5H2,1-2H3;3-4H2,1-2H3;3H2,1-2H3. The largest absolute Gasteiger partial charge is 0.381 e. The van der Waals surface area contributed by atoms with Crippen molar-refractivity contribution in [3.63, 3.8) is 0 Å². The van der Waals surface area contributed by atoms with E-state index in [2.05, 4.69) is 301 Å². The smallest absolute Gasteiger partial charge is 0.217 e. The van der Waals surface area contributed by atoms with Crippen molar-refractivity contribution >= 4 is 5.91 Å². The summed E-state index contributed by atoms with van der Waals surface area (Å²) >= 11 is 0. The van der Waals surface area contributed by atoms with Gasteiger partial charge in [-0.15, -0.1) is 0 Å². The summed E-state index contributed by atoms with van der Waals surface area (Å²) in [4.78, 5) is 12.7. The zero-order valence-electron chi connectivity index (χ0n) is 76.9. The fraction of sp³-hybridized carbons (Fsp3) is 0.989. The maximum Gasteiger partial charge on any atom is 0.217 e. The lowest BCUT2D eigenvalue weighted by Crippen LogP contribution is -2.31. The summed E-state index contributed by atoms with van der Waals surface area (Å²) in [7, 11) is 9.50. The summed E-state index contributed by atoms with van der Waals surface area (Å²) in [6.07, 6.45) is 38.2. The Morgan fingerprint density at radius 1 is 0.379 bits per heavy atom. The van der Waals surface area contributed by atoms with E-state index in [1.54, 1.807) is 28.3 Å². The number of methoxy groups -OCH3 is 3. The summed E-state index contributed by atoms with van der Waals surface area (Å²) in [5.41, 5.74) is 1.05. The van der Waals surface area contributed by atoms with E-state index in [0.717, 1.165) is 80.1 Å². The Morgan fingerprint density at radius 2 is 0.695 bits per heavy atom. The van der Waals surface area contributed by atoms with Crippen LogP contribution in [0.25, 0.3) is 0 Å². The van der Waals surface area contributed by atoms with Crippen LogP contribution >= 0.6 is 0 Å². The second-order valence-corrected chi connectivity index (χ2v) is 30.6. The van der Waals surface area contributed by atoms with Crippen LogP contribution in [0.15, 0.2) is 0 Å². The molecule has 6 nitrogen and oxygen atoms in total. The monoisotopic (exact) mass is 1370 g/mol. The van der Waals surface area contributed by atoms with Crippen LogP contribution in [0.1, 0.15) is 470 Å². The molecule has 0 bridgehead atoms. The highest BCUT2D eigenvalue weighted by molar-refractivity contribution is 5.73. The average molecular weight is 1370 g/mol. The lowest BCUT2D eigenvalue weighted by atomic mass is 9.91. The predicted octanol–water partition coefficient (Wildman–Crippen LogP) is 32.1. The topological polar surface area (TPSA) is 60.0 Å². The van der Waals surface area contributed by atoms with Crippen molar-refractivity contribution < 1.29 is 19.0 Å². The van der Waals surface area contributed by atoms with Gasteiger partial charge in [0.2, 0.25) is 5.91 Å². The maximum absolute atomic E-state index is 10.5. The van der Waals surface area contributed by atoms with Crippen LogP contribution in [-0.4, -0.2) is 76.6 Å². The van der Waals surface area contributed by atoms with Crippen molar-refractivity contribution in [1.29, 1.82) is 0 Å². The van der Waals surface area contributed by atoms with Crippen LogP contribution in [0.5, 0.6) is 0 Å². The van der Waals surface area contributed by atoms with Crippen molar-refractivity contribution in [2.24, 2.45) is 46.3 Å². The van der Waals surface area contributed by atoms with Crippen molar-refractivity contribution in [1.82, 2.24) is 10.2 Å². The van der Waals surface area contributed by atoms with Crippen LogP contribution in [0, 0.1) is 46.3 Å². The normalized spacial score (nSPS) is 11.1. The van der Waals surface area contributed by atoms with E-state index in [0.29, 0.717) is 23.0 Å². The molecule has 0 aromatic rings. The van der Waals surface area contributed by atoms with E-state index >= 15 is 0 Å². The minimum absolute atomic E-state index is 0.0729. The predicted molar refractivity (Wildman–Crippen MR) is 454 cm³/mol. The van der Waals surface area contributed by atoms with Crippen LogP contribution in [0.2, 0.25) is 0 Å². The Kier molecular flexibility index (Phi) is 157. The van der Waals surface area contributed by atoms with Crippen LogP contribution in [-0.2, 0) is 19.0 Å². The first kappa shape index (κ1) is 131. The fourth-order valence-corrected chi connectivity index (χ4v) is 6.99. The summed E-state index contributed by atoms with van der Waals surface area (Å²) in [5.74, 6) is 5.49. The van der Waals surface area contributed by atoms with E-state index in [1.165, 1.54) is 148 Å². The number of hydrogen-bond donors (Lipinski definition) is 1. The Hall–Kier alpha value is -0.690. The lowest BCUT2D eigenvalue weighted by Gasteiger charge is -2.21. The zero-order chi connectivity index (χ0) is 78.8. The van der Waals surface area contributed by atoms with Crippen molar-refractivity contribution in [3.8, 4) is 0 Å². The Balaban J connectivity index is -0.0000000559. The third-order valence-corrected chi connectivity index (χ3v) is 15.8. The molecule has 95 heavy (non-hydrogen) atoms. The lowest BCUT2D eigenvalue weighted by molar-refractivity contribution is -0.119. The highest BCUT2D eigenvalue weighted by Crippen LogP contribution is 2.19. The molecule has 0 heterocycles. The molecule has 1 amide bonds. The summed E-state index contributed by atoms with van der Waals surface area (Å²) < 4.78 is 15.5. The second kappa shape index (κ2) is 115. The van der Waals surface area contributed by atoms with E-state index in [9.17, 15) is 4.79 Å². The first-order chi connectivity index (χ1) is 44.1. The van der Waals surface area contributed by atoms with E-state index in [4.69, 9.17) is 14.2 Å². The molecule has 0 aliphatic carbocycles. The van der Waals surface area contributed by atoms with Crippen LogP contribution in [0.4, 0.5) is 0 Å². The molecule has 1 N–H and O–H groups in total. The van der Waals surface area contributed by atoms with Gasteiger partial charge in [0.05, 0.1) is 18.3 Å². The van der Waals surface area contributed by atoms with Crippen molar-refractivity contribution in [2.45, 2.75) is 500 Å². The molecule has 598 valence electrons. The van der Waals surface area contributed by atoms with Gasteiger partial charge in [0.25, 0.3) is 0 Å². The highest BCUT2D eigenvalue weighted by Gasteiger charge is 2.16. The molecule has 0 saturated carbocycles. The van der Waals surface area contributed by atoms with E-state index in [1.807, 2.05) is 0 Å². The molecule has 0 rings (SSSR count). The van der Waals surface area contributed by atoms with Gasteiger partial charge in [-0.3, -0.25) is 4.79 Å². The second-order valence-electron chi connectivity index (χ2n) is 30.6. The molecule has 3 atom stereocenters. The number of rotatable bonds is 31. The number of unbranched alkanes of at least 4 members (excludes halogenated alkanes) is 7. The molecule has 0 saturated heterocycles. The minimum Gasteiger partial charge on any atom is -0.381 e. The maximum atomic E-state index is 10.5. The molecule has 0 aromatic heterocycles. The van der Waals surface area contributed by atoms with Gasteiger partial charge in [0.1, 0.15) is 0 Å². The first-order valence-electron chi connectivity index (χ1n) is 41.6. The SMILES string of the molecule is CC(C)(C)C.CCC.CCC(C)C.CCC(C)C(C)C.CCC(C)CC.CCC(C)CC.CCC(CC)N(C)C.CCC(CC)NC(C)=O.CCC(CC)OC.CCC(OC)C(CC)OC.CCCC.CCCC(C)(C)C.CCCC(C)C.CCCCC.CCCCCCC. The van der Waals surface area contributed by atoms with Crippen LogP contribution < -0.4 is 5.32 Å². The van der Waals surface area contributed by atoms with Crippen molar-refractivity contribution in [2.75, 3.05) is 35.4 Å². The Morgan fingerprint density at radius 3 is 0.737 bits per heavy atom. The molecule has 0 fully saturated rings. The molecule has 3 unspecified atom stereocenters. The number of nitrogens with one attached hydrogen (secondary N) is 1. The van der Waals surface area contributed by atoms with Gasteiger partial charge in [0.15, 0.2) is 0 Å². The molecular weight excluding hydrogens is 1160 g/mol. The van der Waals surface area contributed by atoms with Gasteiger partial charge in [-0.05, 0) is 118 Å². The summed E-state index contributed by atoms with van der Waals surface area (Å²) in [6, 6.07) is 1.16. The van der Waals surface area contributed by atoms with Gasteiger partial charge in [-0.2, -0.15) is 0 Å². The molecule has 0 radical (unpaired) electrons. The van der Waals surface area contributed by atoms with Gasteiger partial charge in [-0.1, -0.05) is 405 Å². The van der Waals surface area contributed by atoms with Gasteiger partial charge in [-0.25, -0.2) is 0 Å². The Labute approximate surface area is 614 Å². The number of amides is 1. The minimum atomic E-state index is 0.0729. The number of carbonyl (C=O) groups excluding carboxylic acids is 1. The molecule has 0 aliphatic rings. The molecule has 0 spiro atoms. The van der Waals surface area contributed by atoms with Crippen molar-refractivity contribution in [3.05, 3.63) is 0 Å². The first-order valence-corrected chi connectivity index (χ1v) is 41.6. The fourth-order valence-electron chi connectivity index (χ4n) is 6.99. The van der Waals surface area contributed by atoms with Gasteiger partial charge in [0, 0.05) is 40.3 Å². The van der Waals surface area contributed by atoms with Gasteiger partial charge >= 0.3 is 0 Å². The highest BCUT2D eigenvalue weighted by atomic mass is 16.5.